The molecule has 0 saturated heterocycles. The number of carbonyl (C=O) groups excluding carboxylic acids is 1. The van der Waals surface area contributed by atoms with E-state index in [2.05, 4.69) is 26.8 Å². The van der Waals surface area contributed by atoms with Gasteiger partial charge in [0.05, 0.1) is 0 Å². The smallest absolute Gasteiger partial charge is 0.155 e. The van der Waals surface area contributed by atoms with E-state index in [0.717, 1.165) is 30.6 Å². The topological polar surface area (TPSA) is 17.1 Å². The standard InChI is InChI=1S/C14H22O/c1-10(2)12-7-9-14(3)8-6-11(15)4-5-13(12)14/h6,8,10,12-13H,4-5,7,9H2,1-3H3. The second-order valence-corrected chi connectivity index (χ2v) is 5.90. The lowest BCUT2D eigenvalue weighted by molar-refractivity contribution is -0.114. The molecule has 0 radical (unpaired) electrons. The van der Waals surface area contributed by atoms with Crippen LogP contribution in [0.25, 0.3) is 0 Å². The maximum Gasteiger partial charge on any atom is 0.155 e. The first-order chi connectivity index (χ1) is 7.03. The molecule has 1 saturated carbocycles. The van der Waals surface area contributed by atoms with Crippen LogP contribution in [0, 0.1) is 23.2 Å². The molecular formula is C14H22O. The van der Waals surface area contributed by atoms with Gasteiger partial charge in [-0.05, 0) is 48.5 Å². The first kappa shape index (κ1) is 10.9. The summed E-state index contributed by atoms with van der Waals surface area (Å²) in [6.07, 6.45) is 8.52. The van der Waals surface area contributed by atoms with Crippen molar-refractivity contribution in [3.05, 3.63) is 12.2 Å². The summed E-state index contributed by atoms with van der Waals surface area (Å²) in [7, 11) is 0. The number of allylic oxidation sites excluding steroid dienone is 2. The zero-order chi connectivity index (χ0) is 11.1. The molecule has 0 aromatic heterocycles. The number of hydrogen-bond donors (Lipinski definition) is 0. The van der Waals surface area contributed by atoms with Crippen LogP contribution < -0.4 is 0 Å². The van der Waals surface area contributed by atoms with E-state index in [4.69, 9.17) is 0 Å². The van der Waals surface area contributed by atoms with E-state index in [1.807, 2.05) is 6.08 Å². The quantitative estimate of drug-likeness (QED) is 0.640. The summed E-state index contributed by atoms with van der Waals surface area (Å²) in [5.74, 6) is 2.65. The average molecular weight is 206 g/mol. The van der Waals surface area contributed by atoms with Crippen LogP contribution >= 0.6 is 0 Å². The first-order valence-electron chi connectivity index (χ1n) is 6.25. The molecule has 0 aromatic rings. The van der Waals surface area contributed by atoms with Gasteiger partial charge < -0.3 is 0 Å². The summed E-state index contributed by atoms with van der Waals surface area (Å²) < 4.78 is 0. The van der Waals surface area contributed by atoms with E-state index in [-0.39, 0.29) is 0 Å². The minimum absolute atomic E-state index is 0.307. The Labute approximate surface area is 92.9 Å². The van der Waals surface area contributed by atoms with Gasteiger partial charge in [-0.2, -0.15) is 0 Å². The summed E-state index contributed by atoms with van der Waals surface area (Å²) in [6.45, 7) is 6.99. The Balaban J connectivity index is 2.24. The van der Waals surface area contributed by atoms with Gasteiger partial charge in [0, 0.05) is 6.42 Å². The molecule has 0 spiro atoms. The van der Waals surface area contributed by atoms with Gasteiger partial charge in [0.2, 0.25) is 0 Å². The maximum atomic E-state index is 11.4. The number of rotatable bonds is 1. The van der Waals surface area contributed by atoms with E-state index in [9.17, 15) is 4.79 Å². The SMILES string of the molecule is CC(C)C1CCC2(C)C=CC(=O)CCC12. The minimum Gasteiger partial charge on any atom is -0.295 e. The Hall–Kier alpha value is -0.590. The Morgan fingerprint density at radius 2 is 2.13 bits per heavy atom. The highest BCUT2D eigenvalue weighted by Crippen LogP contribution is 2.53. The Kier molecular flexibility index (Phi) is 2.74. The third-order valence-electron chi connectivity index (χ3n) is 4.59. The molecule has 3 unspecified atom stereocenters. The van der Waals surface area contributed by atoms with Crippen molar-refractivity contribution in [2.75, 3.05) is 0 Å². The molecular weight excluding hydrogens is 184 g/mol. The number of ketones is 1. The molecule has 2 rings (SSSR count). The zero-order valence-electron chi connectivity index (χ0n) is 10.1. The van der Waals surface area contributed by atoms with E-state index in [0.29, 0.717) is 11.2 Å². The summed E-state index contributed by atoms with van der Waals surface area (Å²) in [6, 6.07) is 0. The predicted molar refractivity (Wildman–Crippen MR) is 62.5 cm³/mol. The Morgan fingerprint density at radius 3 is 2.80 bits per heavy atom. The molecule has 3 atom stereocenters. The minimum atomic E-state index is 0.307. The lowest BCUT2D eigenvalue weighted by Crippen LogP contribution is -2.25. The molecule has 0 amide bonds. The summed E-state index contributed by atoms with van der Waals surface area (Å²) >= 11 is 0. The van der Waals surface area contributed by atoms with E-state index >= 15 is 0 Å². The lowest BCUT2D eigenvalue weighted by atomic mass is 9.73. The van der Waals surface area contributed by atoms with Crippen LogP contribution in [0.2, 0.25) is 0 Å². The summed E-state index contributed by atoms with van der Waals surface area (Å²) in [4.78, 5) is 11.4. The normalized spacial score (nSPS) is 40.7. The van der Waals surface area contributed by atoms with Crippen LogP contribution in [0.1, 0.15) is 46.5 Å². The van der Waals surface area contributed by atoms with Crippen molar-refractivity contribution < 1.29 is 4.79 Å². The molecule has 84 valence electrons. The van der Waals surface area contributed by atoms with Gasteiger partial charge in [-0.25, -0.2) is 0 Å². The number of carbonyl (C=O) groups is 1. The van der Waals surface area contributed by atoms with E-state index < -0.39 is 0 Å². The van der Waals surface area contributed by atoms with E-state index in [1.165, 1.54) is 12.8 Å². The van der Waals surface area contributed by atoms with Gasteiger partial charge in [0.1, 0.15) is 0 Å². The van der Waals surface area contributed by atoms with Gasteiger partial charge in [-0.15, -0.1) is 0 Å². The highest BCUT2D eigenvalue weighted by Gasteiger charge is 2.44. The van der Waals surface area contributed by atoms with Gasteiger partial charge in [0.25, 0.3) is 0 Å². The molecule has 1 nitrogen and oxygen atoms in total. The second kappa shape index (κ2) is 3.77. The van der Waals surface area contributed by atoms with Crippen LogP contribution in [0.15, 0.2) is 12.2 Å². The molecule has 0 bridgehead atoms. The van der Waals surface area contributed by atoms with Gasteiger partial charge >= 0.3 is 0 Å². The predicted octanol–water partition coefficient (Wildman–Crippen LogP) is 3.59. The summed E-state index contributed by atoms with van der Waals surface area (Å²) in [5.41, 5.74) is 0.307. The third kappa shape index (κ3) is 1.89. The van der Waals surface area contributed by atoms with Crippen molar-refractivity contribution in [2.45, 2.75) is 46.5 Å². The molecule has 15 heavy (non-hydrogen) atoms. The van der Waals surface area contributed by atoms with Crippen molar-refractivity contribution >= 4 is 5.78 Å². The van der Waals surface area contributed by atoms with Crippen molar-refractivity contribution in [1.82, 2.24) is 0 Å². The van der Waals surface area contributed by atoms with Crippen LogP contribution in [0.3, 0.4) is 0 Å². The maximum absolute atomic E-state index is 11.4. The van der Waals surface area contributed by atoms with Crippen molar-refractivity contribution in [1.29, 1.82) is 0 Å². The van der Waals surface area contributed by atoms with Gasteiger partial charge in [0.15, 0.2) is 5.78 Å². The number of hydrogen-bond acceptors (Lipinski definition) is 1. The van der Waals surface area contributed by atoms with E-state index in [1.54, 1.807) is 0 Å². The Bertz CT molecular complexity index is 290. The molecule has 0 aliphatic heterocycles. The second-order valence-electron chi connectivity index (χ2n) is 5.90. The van der Waals surface area contributed by atoms with Gasteiger partial charge in [-0.3, -0.25) is 4.79 Å². The molecule has 0 aromatic carbocycles. The molecule has 2 aliphatic carbocycles. The van der Waals surface area contributed by atoms with Crippen molar-refractivity contribution in [2.24, 2.45) is 23.2 Å². The fourth-order valence-corrected chi connectivity index (χ4v) is 3.57. The average Bonchev–Trinajstić information content (AvgIpc) is 2.43. The van der Waals surface area contributed by atoms with Crippen LogP contribution in [-0.4, -0.2) is 5.78 Å². The summed E-state index contributed by atoms with van der Waals surface area (Å²) in [5, 5.41) is 0. The lowest BCUT2D eigenvalue weighted by Gasteiger charge is -2.32. The monoisotopic (exact) mass is 206 g/mol. The highest BCUT2D eigenvalue weighted by atomic mass is 16.1. The fraction of sp³-hybridized carbons (Fsp3) is 0.786. The third-order valence-corrected chi connectivity index (χ3v) is 4.59. The van der Waals surface area contributed by atoms with Gasteiger partial charge in [-0.1, -0.05) is 26.8 Å². The Morgan fingerprint density at radius 1 is 1.40 bits per heavy atom. The molecule has 1 fully saturated rings. The van der Waals surface area contributed by atoms with Crippen LogP contribution in [-0.2, 0) is 4.79 Å². The molecule has 0 N–H and O–H groups in total. The van der Waals surface area contributed by atoms with Crippen molar-refractivity contribution in [3.8, 4) is 0 Å². The molecule has 1 heteroatoms. The number of fused-ring (bicyclic) bond motifs is 1. The van der Waals surface area contributed by atoms with Crippen molar-refractivity contribution in [3.63, 3.8) is 0 Å². The zero-order valence-corrected chi connectivity index (χ0v) is 10.1. The first-order valence-corrected chi connectivity index (χ1v) is 6.25. The largest absolute Gasteiger partial charge is 0.295 e. The van der Waals surface area contributed by atoms with Crippen LogP contribution in [0.4, 0.5) is 0 Å². The fourth-order valence-electron chi connectivity index (χ4n) is 3.57. The molecule has 2 aliphatic rings. The highest BCUT2D eigenvalue weighted by molar-refractivity contribution is 5.90. The molecule has 0 heterocycles. The van der Waals surface area contributed by atoms with Crippen LogP contribution in [0.5, 0.6) is 0 Å².